The van der Waals surface area contributed by atoms with Crippen LogP contribution >= 0.6 is 11.6 Å². The number of carbonyl (C=O) groups excluding carboxylic acids is 2. The van der Waals surface area contributed by atoms with E-state index in [4.69, 9.17) is 17.3 Å². The molecule has 2 amide bonds. The van der Waals surface area contributed by atoms with Gasteiger partial charge < -0.3 is 10.6 Å². The first kappa shape index (κ1) is 22.7. The Bertz CT molecular complexity index is 1060. The Balaban J connectivity index is 1.50. The van der Waals surface area contributed by atoms with E-state index in [1.807, 2.05) is 25.1 Å². The van der Waals surface area contributed by atoms with Crippen LogP contribution in [0.15, 0.2) is 30.3 Å². The summed E-state index contributed by atoms with van der Waals surface area (Å²) in [5, 5.41) is 0.635. The molecule has 170 valence electrons. The van der Waals surface area contributed by atoms with Crippen molar-refractivity contribution in [2.75, 3.05) is 26.2 Å². The molecule has 0 radical (unpaired) electrons. The van der Waals surface area contributed by atoms with Gasteiger partial charge in [-0.3, -0.25) is 14.5 Å². The molecule has 2 saturated heterocycles. The van der Waals surface area contributed by atoms with Crippen LogP contribution in [0.2, 0.25) is 5.02 Å². The Kier molecular flexibility index (Phi) is 6.23. The summed E-state index contributed by atoms with van der Waals surface area (Å²) in [6.07, 6.45) is 0.168. The fourth-order valence-electron chi connectivity index (χ4n) is 4.93. The SMILES string of the molecule is Cc1ccc(C(CC(N)=O)N2CC3CN(C(=O)c4c(F)ccc(C)c4F)CC3C2)cc1Cl. The molecule has 2 N–H and O–H groups in total. The van der Waals surface area contributed by atoms with Crippen LogP contribution in [0.3, 0.4) is 0 Å². The number of carbonyl (C=O) groups is 2. The maximum absolute atomic E-state index is 14.4. The summed E-state index contributed by atoms with van der Waals surface area (Å²) in [6.45, 7) is 5.60. The molecule has 0 aliphatic carbocycles. The summed E-state index contributed by atoms with van der Waals surface area (Å²) in [5.74, 6) is -2.33. The molecule has 5 nitrogen and oxygen atoms in total. The number of hydrogen-bond donors (Lipinski definition) is 1. The van der Waals surface area contributed by atoms with Crippen LogP contribution in [0.4, 0.5) is 8.78 Å². The molecule has 2 fully saturated rings. The van der Waals surface area contributed by atoms with Gasteiger partial charge in [0.15, 0.2) is 0 Å². The molecule has 3 atom stereocenters. The smallest absolute Gasteiger partial charge is 0.259 e. The second-order valence-electron chi connectivity index (χ2n) is 8.93. The highest BCUT2D eigenvalue weighted by Gasteiger charge is 2.44. The lowest BCUT2D eigenvalue weighted by Gasteiger charge is -2.29. The number of nitrogens with zero attached hydrogens (tertiary/aromatic N) is 2. The molecule has 2 aliphatic heterocycles. The minimum atomic E-state index is -0.838. The van der Waals surface area contributed by atoms with Crippen LogP contribution in [-0.4, -0.2) is 47.8 Å². The zero-order chi connectivity index (χ0) is 23.2. The van der Waals surface area contributed by atoms with Crippen molar-refractivity contribution in [1.29, 1.82) is 0 Å². The van der Waals surface area contributed by atoms with Gasteiger partial charge in [0.1, 0.15) is 17.2 Å². The van der Waals surface area contributed by atoms with Crippen LogP contribution in [0.5, 0.6) is 0 Å². The lowest BCUT2D eigenvalue weighted by molar-refractivity contribution is -0.119. The predicted octanol–water partition coefficient (Wildman–Crippen LogP) is 3.86. The molecule has 2 heterocycles. The largest absolute Gasteiger partial charge is 0.370 e. The lowest BCUT2D eigenvalue weighted by Crippen LogP contribution is -2.36. The number of aryl methyl sites for hydroxylation is 2. The monoisotopic (exact) mass is 461 g/mol. The summed E-state index contributed by atoms with van der Waals surface area (Å²) < 4.78 is 28.7. The van der Waals surface area contributed by atoms with E-state index in [-0.39, 0.29) is 29.9 Å². The van der Waals surface area contributed by atoms with Crippen molar-refractivity contribution < 1.29 is 18.4 Å². The van der Waals surface area contributed by atoms with Gasteiger partial charge in [0.25, 0.3) is 5.91 Å². The highest BCUT2D eigenvalue weighted by molar-refractivity contribution is 6.31. The summed E-state index contributed by atoms with van der Waals surface area (Å²) in [4.78, 5) is 28.4. The third kappa shape index (κ3) is 4.24. The van der Waals surface area contributed by atoms with Gasteiger partial charge in [-0.1, -0.05) is 29.8 Å². The number of fused-ring (bicyclic) bond motifs is 1. The number of benzene rings is 2. The van der Waals surface area contributed by atoms with Gasteiger partial charge in [-0.25, -0.2) is 8.78 Å². The number of primary amides is 1. The van der Waals surface area contributed by atoms with E-state index >= 15 is 0 Å². The normalized spacial score (nSPS) is 21.6. The first-order chi connectivity index (χ1) is 15.2. The first-order valence-electron chi connectivity index (χ1n) is 10.7. The Morgan fingerprint density at radius 1 is 1.06 bits per heavy atom. The average Bonchev–Trinajstić information content (AvgIpc) is 3.30. The second kappa shape index (κ2) is 8.79. The fourth-order valence-corrected chi connectivity index (χ4v) is 5.11. The van der Waals surface area contributed by atoms with E-state index in [9.17, 15) is 18.4 Å². The zero-order valence-electron chi connectivity index (χ0n) is 18.1. The van der Waals surface area contributed by atoms with Crippen molar-refractivity contribution in [1.82, 2.24) is 9.80 Å². The first-order valence-corrected chi connectivity index (χ1v) is 11.1. The van der Waals surface area contributed by atoms with Crippen molar-refractivity contribution in [2.24, 2.45) is 17.6 Å². The van der Waals surface area contributed by atoms with Crippen molar-refractivity contribution in [3.05, 3.63) is 69.2 Å². The van der Waals surface area contributed by atoms with E-state index in [1.165, 1.54) is 13.0 Å². The molecule has 0 spiro atoms. The minimum absolute atomic E-state index is 0.158. The predicted molar refractivity (Wildman–Crippen MR) is 118 cm³/mol. The van der Waals surface area contributed by atoms with Crippen molar-refractivity contribution in [2.45, 2.75) is 26.3 Å². The van der Waals surface area contributed by atoms with Crippen molar-refractivity contribution in [3.8, 4) is 0 Å². The quantitative estimate of drug-likeness (QED) is 0.735. The van der Waals surface area contributed by atoms with Crippen LogP contribution in [0.25, 0.3) is 0 Å². The van der Waals surface area contributed by atoms with Crippen LogP contribution in [0.1, 0.15) is 39.5 Å². The van der Waals surface area contributed by atoms with Gasteiger partial charge >= 0.3 is 0 Å². The Morgan fingerprint density at radius 3 is 2.28 bits per heavy atom. The number of likely N-dealkylation sites (tertiary alicyclic amines) is 2. The van der Waals surface area contributed by atoms with Crippen molar-refractivity contribution in [3.63, 3.8) is 0 Å². The average molecular weight is 462 g/mol. The van der Waals surface area contributed by atoms with E-state index < -0.39 is 29.0 Å². The van der Waals surface area contributed by atoms with Crippen LogP contribution in [0, 0.1) is 37.3 Å². The topological polar surface area (TPSA) is 66.6 Å². The van der Waals surface area contributed by atoms with Gasteiger partial charge in [0, 0.05) is 43.7 Å². The molecule has 32 heavy (non-hydrogen) atoms. The molecule has 3 unspecified atom stereocenters. The standard InChI is InChI=1S/C24H26ClF2N3O2/c1-13-3-5-15(7-18(13)25)20(8-21(28)31)29-9-16-11-30(12-17(16)10-29)24(32)22-19(26)6-4-14(2)23(22)27/h3-7,16-17,20H,8-12H2,1-2H3,(H2,28,31). The molecule has 2 aromatic carbocycles. The van der Waals surface area contributed by atoms with E-state index in [1.54, 1.807) is 4.90 Å². The van der Waals surface area contributed by atoms with Crippen LogP contribution < -0.4 is 5.73 Å². The molecule has 8 heteroatoms. The van der Waals surface area contributed by atoms with Gasteiger partial charge in [0.05, 0.1) is 0 Å². The number of nitrogens with two attached hydrogens (primary N) is 1. The molecular weight excluding hydrogens is 436 g/mol. The van der Waals surface area contributed by atoms with Gasteiger partial charge in [-0.2, -0.15) is 0 Å². The van der Waals surface area contributed by atoms with Gasteiger partial charge in [0.2, 0.25) is 5.91 Å². The number of rotatable bonds is 5. The van der Waals surface area contributed by atoms with Gasteiger partial charge in [-0.05, 0) is 54.5 Å². The number of halogens is 3. The summed E-state index contributed by atoms with van der Waals surface area (Å²) in [5.41, 5.74) is 7.17. The highest BCUT2D eigenvalue weighted by Crippen LogP contribution is 2.38. The maximum atomic E-state index is 14.4. The molecular formula is C24H26ClF2N3O2. The Hall–Kier alpha value is -2.51. The van der Waals surface area contributed by atoms with E-state index in [0.29, 0.717) is 31.2 Å². The number of hydrogen-bond acceptors (Lipinski definition) is 3. The summed E-state index contributed by atoms with van der Waals surface area (Å²) in [7, 11) is 0. The fraction of sp³-hybridized carbons (Fsp3) is 0.417. The molecule has 0 aromatic heterocycles. The molecule has 4 rings (SSSR count). The van der Waals surface area contributed by atoms with Crippen LogP contribution in [-0.2, 0) is 4.79 Å². The third-order valence-electron chi connectivity index (χ3n) is 6.72. The van der Waals surface area contributed by atoms with Crippen molar-refractivity contribution >= 4 is 23.4 Å². The number of amides is 2. The Labute approximate surface area is 191 Å². The molecule has 0 bridgehead atoms. The molecule has 0 saturated carbocycles. The third-order valence-corrected chi connectivity index (χ3v) is 7.12. The highest BCUT2D eigenvalue weighted by atomic mass is 35.5. The zero-order valence-corrected chi connectivity index (χ0v) is 18.8. The molecule has 2 aromatic rings. The lowest BCUT2D eigenvalue weighted by atomic mass is 10.0. The molecule has 2 aliphatic rings. The minimum Gasteiger partial charge on any atom is -0.370 e. The van der Waals surface area contributed by atoms with E-state index in [2.05, 4.69) is 4.90 Å². The Morgan fingerprint density at radius 2 is 1.69 bits per heavy atom. The van der Waals surface area contributed by atoms with E-state index in [0.717, 1.165) is 17.2 Å². The summed E-state index contributed by atoms with van der Waals surface area (Å²) in [6, 6.07) is 8.01. The maximum Gasteiger partial charge on any atom is 0.259 e. The second-order valence-corrected chi connectivity index (χ2v) is 9.34. The summed E-state index contributed by atoms with van der Waals surface area (Å²) >= 11 is 6.31. The van der Waals surface area contributed by atoms with Gasteiger partial charge in [-0.15, -0.1) is 0 Å².